The van der Waals surface area contributed by atoms with Crippen LogP contribution in [0.25, 0.3) is 0 Å². The summed E-state index contributed by atoms with van der Waals surface area (Å²) in [7, 11) is 0. The zero-order valence-corrected chi connectivity index (χ0v) is 11.8. The van der Waals surface area contributed by atoms with Gasteiger partial charge in [0.15, 0.2) is 0 Å². The van der Waals surface area contributed by atoms with E-state index in [9.17, 15) is 15.2 Å². The molecule has 0 saturated heterocycles. The first-order chi connectivity index (χ1) is 9.44. The number of aliphatic hydroxyl groups is 1. The molecule has 0 heterocycles. The number of ether oxygens (including phenoxy) is 1. The molecule has 0 aliphatic heterocycles. The highest BCUT2D eigenvalue weighted by Crippen LogP contribution is 2.37. The van der Waals surface area contributed by atoms with Gasteiger partial charge in [-0.05, 0) is 33.1 Å². The first-order valence-electron chi connectivity index (χ1n) is 6.79. The molecular weight excluding hydrogens is 260 g/mol. The molecule has 0 spiro atoms. The normalized spacial score (nSPS) is 16.6. The molecule has 0 atom stereocenters. The van der Waals surface area contributed by atoms with E-state index in [4.69, 9.17) is 4.74 Å². The van der Waals surface area contributed by atoms with E-state index in [2.05, 4.69) is 5.32 Å². The predicted molar refractivity (Wildman–Crippen MR) is 76.2 cm³/mol. The number of nitrogens with one attached hydrogen (secondary N) is 1. The lowest BCUT2D eigenvalue weighted by atomic mass is 9.77. The van der Waals surface area contributed by atoms with E-state index in [-0.39, 0.29) is 23.9 Å². The maximum absolute atomic E-state index is 11.0. The molecule has 6 heteroatoms. The number of nitro benzene ring substituents is 1. The van der Waals surface area contributed by atoms with Crippen molar-refractivity contribution in [2.45, 2.75) is 44.8 Å². The number of non-ortho nitro benzene ring substituents is 1. The second kappa shape index (κ2) is 5.66. The summed E-state index contributed by atoms with van der Waals surface area (Å²) in [5.41, 5.74) is 0.256. The molecular formula is C14H20N2O4. The van der Waals surface area contributed by atoms with E-state index in [0.29, 0.717) is 11.4 Å². The fourth-order valence-electron chi connectivity index (χ4n) is 2.33. The molecule has 1 aliphatic rings. The Bertz CT molecular complexity index is 492. The standard InChI is InChI=1S/C14H20N2O4/c1-10(2)20-13-7-11(6-12(8-13)16(18)19)15-14(9-17)4-3-5-14/h6-8,10,15,17H,3-5,9H2,1-2H3. The summed E-state index contributed by atoms with van der Waals surface area (Å²) in [6.07, 6.45) is 2.73. The van der Waals surface area contributed by atoms with Gasteiger partial charge in [-0.2, -0.15) is 0 Å². The number of rotatable bonds is 6. The van der Waals surface area contributed by atoms with E-state index in [1.165, 1.54) is 12.1 Å². The lowest BCUT2D eigenvalue weighted by Crippen LogP contribution is -2.48. The van der Waals surface area contributed by atoms with E-state index >= 15 is 0 Å². The lowest BCUT2D eigenvalue weighted by Gasteiger charge is -2.41. The maximum Gasteiger partial charge on any atom is 0.275 e. The number of nitrogens with zero attached hydrogens (tertiary/aromatic N) is 1. The third kappa shape index (κ3) is 3.19. The SMILES string of the molecule is CC(C)Oc1cc(NC2(CO)CCC2)cc([N+](=O)[O-])c1. The number of hydrogen-bond acceptors (Lipinski definition) is 5. The Balaban J connectivity index is 2.26. The van der Waals surface area contributed by atoms with E-state index in [1.807, 2.05) is 13.8 Å². The molecule has 2 rings (SSSR count). The monoisotopic (exact) mass is 280 g/mol. The van der Waals surface area contributed by atoms with Crippen LogP contribution in [-0.2, 0) is 0 Å². The molecule has 1 saturated carbocycles. The summed E-state index contributed by atoms with van der Waals surface area (Å²) < 4.78 is 5.54. The molecule has 6 nitrogen and oxygen atoms in total. The Kier molecular flexibility index (Phi) is 4.13. The molecule has 0 unspecified atom stereocenters. The highest BCUT2D eigenvalue weighted by Gasteiger charge is 2.36. The van der Waals surface area contributed by atoms with Gasteiger partial charge < -0.3 is 15.2 Å². The summed E-state index contributed by atoms with van der Waals surface area (Å²) in [4.78, 5) is 10.5. The lowest BCUT2D eigenvalue weighted by molar-refractivity contribution is -0.384. The van der Waals surface area contributed by atoms with Crippen molar-refractivity contribution < 1.29 is 14.8 Å². The number of nitro groups is 1. The van der Waals surface area contributed by atoms with Gasteiger partial charge >= 0.3 is 0 Å². The number of aliphatic hydroxyl groups excluding tert-OH is 1. The summed E-state index contributed by atoms with van der Waals surface area (Å²) in [6, 6.07) is 4.63. The summed E-state index contributed by atoms with van der Waals surface area (Å²) in [5.74, 6) is 0.462. The van der Waals surface area contributed by atoms with Crippen molar-refractivity contribution >= 4 is 11.4 Å². The first-order valence-corrected chi connectivity index (χ1v) is 6.79. The minimum atomic E-state index is -0.440. The highest BCUT2D eigenvalue weighted by atomic mass is 16.6. The van der Waals surface area contributed by atoms with E-state index < -0.39 is 4.92 Å². The van der Waals surface area contributed by atoms with Crippen LogP contribution in [0.2, 0.25) is 0 Å². The summed E-state index contributed by atoms with van der Waals surface area (Å²) >= 11 is 0. The second-order valence-corrected chi connectivity index (χ2v) is 5.56. The summed E-state index contributed by atoms with van der Waals surface area (Å²) in [5, 5.41) is 23.7. The average molecular weight is 280 g/mol. The van der Waals surface area contributed by atoms with Gasteiger partial charge in [-0.15, -0.1) is 0 Å². The van der Waals surface area contributed by atoms with Crippen LogP contribution in [-0.4, -0.2) is 28.3 Å². The molecule has 1 aromatic carbocycles. The van der Waals surface area contributed by atoms with Crippen LogP contribution < -0.4 is 10.1 Å². The first kappa shape index (κ1) is 14.6. The minimum absolute atomic E-state index is 0.0157. The van der Waals surface area contributed by atoms with Crippen molar-refractivity contribution in [3.8, 4) is 5.75 Å². The van der Waals surface area contributed by atoms with Crippen molar-refractivity contribution in [1.82, 2.24) is 0 Å². The third-order valence-corrected chi connectivity index (χ3v) is 3.50. The maximum atomic E-state index is 11.0. The third-order valence-electron chi connectivity index (χ3n) is 3.50. The van der Waals surface area contributed by atoms with Gasteiger partial charge in [-0.25, -0.2) is 0 Å². The van der Waals surface area contributed by atoms with Crippen LogP contribution in [0.5, 0.6) is 5.75 Å². The Morgan fingerprint density at radius 2 is 2.15 bits per heavy atom. The highest BCUT2D eigenvalue weighted by molar-refractivity contribution is 5.58. The zero-order valence-electron chi connectivity index (χ0n) is 11.8. The van der Waals surface area contributed by atoms with Gasteiger partial charge in [0.2, 0.25) is 0 Å². The van der Waals surface area contributed by atoms with Crippen LogP contribution in [0.3, 0.4) is 0 Å². The number of hydrogen-bond donors (Lipinski definition) is 2. The molecule has 0 radical (unpaired) electrons. The molecule has 1 aliphatic carbocycles. The van der Waals surface area contributed by atoms with Crippen LogP contribution in [0.4, 0.5) is 11.4 Å². The Hall–Kier alpha value is -1.82. The molecule has 1 aromatic rings. The van der Waals surface area contributed by atoms with Gasteiger partial charge in [0.1, 0.15) is 5.75 Å². The Morgan fingerprint density at radius 3 is 2.60 bits per heavy atom. The molecule has 2 N–H and O–H groups in total. The number of anilines is 1. The van der Waals surface area contributed by atoms with Gasteiger partial charge in [-0.1, -0.05) is 0 Å². The summed E-state index contributed by atoms with van der Waals surface area (Å²) in [6.45, 7) is 3.76. The smallest absolute Gasteiger partial charge is 0.275 e. The molecule has 0 bridgehead atoms. The van der Waals surface area contributed by atoms with Crippen molar-refractivity contribution in [3.63, 3.8) is 0 Å². The van der Waals surface area contributed by atoms with E-state index in [0.717, 1.165) is 19.3 Å². The van der Waals surface area contributed by atoms with Crippen molar-refractivity contribution in [2.75, 3.05) is 11.9 Å². The van der Waals surface area contributed by atoms with Crippen LogP contribution in [0.1, 0.15) is 33.1 Å². The van der Waals surface area contributed by atoms with Gasteiger partial charge in [0.05, 0.1) is 29.2 Å². The van der Waals surface area contributed by atoms with Gasteiger partial charge in [0.25, 0.3) is 5.69 Å². The van der Waals surface area contributed by atoms with Gasteiger partial charge in [0, 0.05) is 17.8 Å². The van der Waals surface area contributed by atoms with Crippen LogP contribution in [0.15, 0.2) is 18.2 Å². The molecule has 20 heavy (non-hydrogen) atoms. The largest absolute Gasteiger partial charge is 0.491 e. The van der Waals surface area contributed by atoms with Crippen molar-refractivity contribution in [1.29, 1.82) is 0 Å². The minimum Gasteiger partial charge on any atom is -0.491 e. The van der Waals surface area contributed by atoms with Crippen LogP contribution >= 0.6 is 0 Å². The number of benzene rings is 1. The van der Waals surface area contributed by atoms with Crippen LogP contribution in [0, 0.1) is 10.1 Å². The Labute approximate surface area is 117 Å². The second-order valence-electron chi connectivity index (χ2n) is 5.56. The van der Waals surface area contributed by atoms with Gasteiger partial charge in [-0.3, -0.25) is 10.1 Å². The molecule has 110 valence electrons. The Morgan fingerprint density at radius 1 is 1.45 bits per heavy atom. The van der Waals surface area contributed by atoms with Crippen molar-refractivity contribution in [2.24, 2.45) is 0 Å². The quantitative estimate of drug-likeness (QED) is 0.618. The predicted octanol–water partition coefficient (Wildman–Crippen LogP) is 2.71. The molecule has 0 amide bonds. The van der Waals surface area contributed by atoms with Crippen molar-refractivity contribution in [3.05, 3.63) is 28.3 Å². The fourth-order valence-corrected chi connectivity index (χ4v) is 2.33. The molecule has 1 fully saturated rings. The average Bonchev–Trinajstić information content (AvgIpc) is 2.32. The zero-order chi connectivity index (χ0) is 14.8. The topological polar surface area (TPSA) is 84.6 Å². The fraction of sp³-hybridized carbons (Fsp3) is 0.571. The van der Waals surface area contributed by atoms with E-state index in [1.54, 1.807) is 6.07 Å². The molecule has 0 aromatic heterocycles.